The molecule has 25 heavy (non-hydrogen) atoms. The number of likely N-dealkylation sites (N-methyl/N-ethyl adjacent to an activating group) is 1. The standard InChI is InChI=1S/C20H34N4O/c1-6-21-20(24-12-10-16(2)11-13-24)22-15-19(23(3)4)17-8-7-9-18(14-17)25-5/h7-9,14,16,19H,6,10-13,15H2,1-5H3,(H,21,22). The van der Waals surface area contributed by atoms with Gasteiger partial charge in [0.25, 0.3) is 0 Å². The highest BCUT2D eigenvalue weighted by molar-refractivity contribution is 5.80. The minimum atomic E-state index is 0.229. The lowest BCUT2D eigenvalue weighted by atomic mass is 9.99. The van der Waals surface area contributed by atoms with Crippen molar-refractivity contribution in [3.8, 4) is 5.75 Å². The van der Waals surface area contributed by atoms with Crippen LogP contribution >= 0.6 is 0 Å². The number of likely N-dealkylation sites (tertiary alicyclic amines) is 1. The molecule has 1 aromatic carbocycles. The van der Waals surface area contributed by atoms with E-state index in [0.29, 0.717) is 0 Å². The molecular formula is C20H34N4O. The fourth-order valence-corrected chi connectivity index (χ4v) is 3.23. The average Bonchev–Trinajstić information content (AvgIpc) is 2.61. The molecule has 1 aliphatic rings. The van der Waals surface area contributed by atoms with E-state index in [-0.39, 0.29) is 6.04 Å². The van der Waals surface area contributed by atoms with E-state index in [4.69, 9.17) is 9.73 Å². The summed E-state index contributed by atoms with van der Waals surface area (Å²) < 4.78 is 5.38. The van der Waals surface area contributed by atoms with Gasteiger partial charge in [-0.15, -0.1) is 0 Å². The quantitative estimate of drug-likeness (QED) is 0.635. The minimum absolute atomic E-state index is 0.229. The van der Waals surface area contributed by atoms with Crippen molar-refractivity contribution in [2.75, 3.05) is 47.4 Å². The normalized spacial score (nSPS) is 17.7. The number of guanidine groups is 1. The lowest BCUT2D eigenvalue weighted by Gasteiger charge is -2.33. The minimum Gasteiger partial charge on any atom is -0.497 e. The van der Waals surface area contributed by atoms with Crippen LogP contribution in [0.15, 0.2) is 29.3 Å². The van der Waals surface area contributed by atoms with Crippen molar-refractivity contribution in [2.45, 2.75) is 32.7 Å². The molecule has 5 heteroatoms. The van der Waals surface area contributed by atoms with Crippen LogP contribution in [0, 0.1) is 5.92 Å². The van der Waals surface area contributed by atoms with Gasteiger partial charge in [0.1, 0.15) is 5.75 Å². The zero-order valence-corrected chi connectivity index (χ0v) is 16.5. The summed E-state index contributed by atoms with van der Waals surface area (Å²) >= 11 is 0. The van der Waals surface area contributed by atoms with Crippen LogP contribution in [-0.4, -0.2) is 63.1 Å². The lowest BCUT2D eigenvalue weighted by Crippen LogP contribution is -2.45. The zero-order chi connectivity index (χ0) is 18.2. The van der Waals surface area contributed by atoms with Gasteiger partial charge < -0.3 is 19.9 Å². The number of ether oxygens (including phenoxy) is 1. The molecular weight excluding hydrogens is 312 g/mol. The van der Waals surface area contributed by atoms with E-state index >= 15 is 0 Å². The summed E-state index contributed by atoms with van der Waals surface area (Å²) in [6, 6.07) is 8.52. The monoisotopic (exact) mass is 346 g/mol. The predicted molar refractivity (Wildman–Crippen MR) is 105 cm³/mol. The van der Waals surface area contributed by atoms with Crippen molar-refractivity contribution in [2.24, 2.45) is 10.9 Å². The number of hydrogen-bond donors (Lipinski definition) is 1. The molecule has 2 rings (SSSR count). The molecule has 1 atom stereocenters. The Morgan fingerprint density at radius 2 is 2.08 bits per heavy atom. The Kier molecular flexibility index (Phi) is 7.56. The molecule has 5 nitrogen and oxygen atoms in total. The van der Waals surface area contributed by atoms with Gasteiger partial charge in [0, 0.05) is 19.6 Å². The van der Waals surface area contributed by atoms with Crippen LogP contribution in [-0.2, 0) is 0 Å². The fraction of sp³-hybridized carbons (Fsp3) is 0.650. The van der Waals surface area contributed by atoms with Gasteiger partial charge in [-0.25, -0.2) is 0 Å². The first-order valence-corrected chi connectivity index (χ1v) is 9.38. The Balaban J connectivity index is 2.13. The van der Waals surface area contributed by atoms with E-state index in [1.165, 1.54) is 18.4 Å². The Morgan fingerprint density at radius 1 is 1.36 bits per heavy atom. The highest BCUT2D eigenvalue weighted by Gasteiger charge is 2.20. The molecule has 0 spiro atoms. The average molecular weight is 347 g/mol. The zero-order valence-electron chi connectivity index (χ0n) is 16.5. The number of piperidine rings is 1. The number of nitrogens with zero attached hydrogens (tertiary/aromatic N) is 3. The summed E-state index contributed by atoms with van der Waals surface area (Å²) in [5, 5.41) is 3.47. The summed E-state index contributed by atoms with van der Waals surface area (Å²) in [5.74, 6) is 2.76. The first-order valence-electron chi connectivity index (χ1n) is 9.38. The van der Waals surface area contributed by atoms with E-state index in [1.807, 2.05) is 12.1 Å². The maximum Gasteiger partial charge on any atom is 0.193 e. The molecule has 0 aromatic heterocycles. The van der Waals surface area contributed by atoms with Gasteiger partial charge in [0.15, 0.2) is 5.96 Å². The van der Waals surface area contributed by atoms with Gasteiger partial charge >= 0.3 is 0 Å². The van der Waals surface area contributed by atoms with Gasteiger partial charge in [-0.1, -0.05) is 19.1 Å². The third-order valence-electron chi connectivity index (χ3n) is 4.93. The van der Waals surface area contributed by atoms with Gasteiger partial charge in [-0.05, 0) is 57.5 Å². The second-order valence-corrected chi connectivity index (χ2v) is 7.12. The number of rotatable bonds is 6. The highest BCUT2D eigenvalue weighted by Crippen LogP contribution is 2.23. The number of aliphatic imine (C=N–C) groups is 1. The second kappa shape index (κ2) is 9.66. The number of methoxy groups -OCH3 is 1. The number of benzene rings is 1. The summed E-state index contributed by atoms with van der Waals surface area (Å²) in [7, 11) is 5.92. The van der Waals surface area contributed by atoms with Crippen LogP contribution in [0.5, 0.6) is 5.75 Å². The molecule has 1 aromatic rings. The molecule has 1 heterocycles. The molecule has 1 saturated heterocycles. The maximum atomic E-state index is 5.38. The molecule has 0 saturated carbocycles. The predicted octanol–water partition coefficient (Wildman–Crippen LogP) is 3.00. The van der Waals surface area contributed by atoms with Crippen LogP contribution in [0.1, 0.15) is 38.3 Å². The van der Waals surface area contributed by atoms with Crippen LogP contribution in [0.25, 0.3) is 0 Å². The SMILES string of the molecule is CCNC(=NCC(c1cccc(OC)c1)N(C)C)N1CCC(C)CC1. The van der Waals surface area contributed by atoms with Crippen molar-refractivity contribution in [1.29, 1.82) is 0 Å². The van der Waals surface area contributed by atoms with Crippen LogP contribution in [0.4, 0.5) is 0 Å². The van der Waals surface area contributed by atoms with Crippen LogP contribution in [0.3, 0.4) is 0 Å². The molecule has 1 unspecified atom stereocenters. The Labute approximate surface area is 153 Å². The van der Waals surface area contributed by atoms with Gasteiger partial charge in [-0.3, -0.25) is 4.99 Å². The van der Waals surface area contributed by atoms with E-state index in [9.17, 15) is 0 Å². The Hall–Kier alpha value is -1.75. The van der Waals surface area contributed by atoms with Crippen LogP contribution < -0.4 is 10.1 Å². The largest absolute Gasteiger partial charge is 0.497 e. The Morgan fingerprint density at radius 3 is 2.68 bits per heavy atom. The number of nitrogens with one attached hydrogen (secondary N) is 1. The molecule has 140 valence electrons. The Bertz CT molecular complexity index is 550. The first-order chi connectivity index (χ1) is 12.0. The topological polar surface area (TPSA) is 40.1 Å². The second-order valence-electron chi connectivity index (χ2n) is 7.12. The highest BCUT2D eigenvalue weighted by atomic mass is 16.5. The van der Waals surface area contributed by atoms with E-state index < -0.39 is 0 Å². The van der Waals surface area contributed by atoms with Crippen molar-refractivity contribution in [1.82, 2.24) is 15.1 Å². The van der Waals surface area contributed by atoms with Gasteiger partial charge in [-0.2, -0.15) is 0 Å². The third kappa shape index (κ3) is 5.63. The lowest BCUT2D eigenvalue weighted by molar-refractivity contribution is 0.270. The molecule has 1 N–H and O–H groups in total. The number of hydrogen-bond acceptors (Lipinski definition) is 3. The van der Waals surface area contributed by atoms with E-state index in [2.05, 4.69) is 55.2 Å². The van der Waals surface area contributed by atoms with E-state index in [1.54, 1.807) is 7.11 Å². The molecule has 0 radical (unpaired) electrons. The maximum absolute atomic E-state index is 5.38. The van der Waals surface area contributed by atoms with Crippen molar-refractivity contribution >= 4 is 5.96 Å². The third-order valence-corrected chi connectivity index (χ3v) is 4.93. The van der Waals surface area contributed by atoms with Gasteiger partial charge in [0.2, 0.25) is 0 Å². The van der Waals surface area contributed by atoms with Crippen LogP contribution in [0.2, 0.25) is 0 Å². The van der Waals surface area contributed by atoms with Gasteiger partial charge in [0.05, 0.1) is 19.7 Å². The van der Waals surface area contributed by atoms with Crippen molar-refractivity contribution in [3.05, 3.63) is 29.8 Å². The molecule has 0 amide bonds. The molecule has 0 aliphatic carbocycles. The smallest absolute Gasteiger partial charge is 0.193 e. The van der Waals surface area contributed by atoms with E-state index in [0.717, 1.165) is 43.8 Å². The molecule has 1 aliphatic heterocycles. The first kappa shape index (κ1) is 19.6. The summed E-state index contributed by atoms with van der Waals surface area (Å²) in [6.07, 6.45) is 2.49. The molecule has 0 bridgehead atoms. The fourth-order valence-electron chi connectivity index (χ4n) is 3.23. The van der Waals surface area contributed by atoms with Crippen molar-refractivity contribution < 1.29 is 4.74 Å². The summed E-state index contributed by atoms with van der Waals surface area (Å²) in [5.41, 5.74) is 1.23. The summed E-state index contributed by atoms with van der Waals surface area (Å²) in [6.45, 7) is 8.29. The van der Waals surface area contributed by atoms with Crippen molar-refractivity contribution in [3.63, 3.8) is 0 Å². The summed E-state index contributed by atoms with van der Waals surface area (Å²) in [4.78, 5) is 9.59. The molecule has 1 fully saturated rings.